The number of para-hydroxylation sites is 4. The van der Waals surface area contributed by atoms with Crippen LogP contribution in [0, 0.1) is 23.7 Å². The van der Waals surface area contributed by atoms with E-state index in [1.54, 1.807) is 0 Å². The number of imide groups is 1. The van der Waals surface area contributed by atoms with Gasteiger partial charge in [0.25, 0.3) is 11.8 Å². The van der Waals surface area contributed by atoms with Gasteiger partial charge in [-0.05, 0) is 112 Å². The van der Waals surface area contributed by atoms with Crippen molar-refractivity contribution in [2.45, 2.75) is 143 Å². The lowest BCUT2D eigenvalue weighted by atomic mass is 9.64. The summed E-state index contributed by atoms with van der Waals surface area (Å²) >= 11 is 0. The Labute approximate surface area is 514 Å². The fourth-order valence-electron chi connectivity index (χ4n) is 13.9. The molecule has 3 fully saturated rings. The molecule has 0 bridgehead atoms. The van der Waals surface area contributed by atoms with Gasteiger partial charge in [-0.25, -0.2) is 24.7 Å². The van der Waals surface area contributed by atoms with Gasteiger partial charge in [-0.3, -0.25) is 14.4 Å². The SMILES string of the molecule is CC(=O)NCc1ccccc1.CC(=O)ON1C(=O)CCC1=O.C[C@H]1CC[C@H]2[C@H](C1)c1c(c3ccccc3c3nc4ccccc4nc13)OC2(C)C.C[C@H]1CC[C@H]2[C@H](C1)c1c(c3ccccc3c3nc4ccccc4nc13)OC2(C)C.NCc1ccccc1. The number of nitrogens with two attached hydrogens (primary N) is 1. The summed E-state index contributed by atoms with van der Waals surface area (Å²) < 4.78 is 13.6. The molecule has 10 aromatic rings. The maximum atomic E-state index is 10.7. The van der Waals surface area contributed by atoms with Crippen LogP contribution in [0.2, 0.25) is 0 Å². The first-order chi connectivity index (χ1) is 42.4. The Kier molecular flexibility index (Phi) is 17.8. The zero-order valence-electron chi connectivity index (χ0n) is 51.7. The standard InChI is InChI=1S/2C26H26N2O.C9H11NO.C7H9N.C6H7NO4/c2*1-15-12-13-19-18(14-15)22-24-23(27-20-10-6-7-11-21(20)28-24)16-8-4-5-9-17(16)25(22)29-26(19,2)3;1-8(11)10-7-9-5-3-2-4-6-9;8-6-7-4-2-1-3-5-7;1-4(8)11-7-5(9)2-3-6(7)10/h2*4-11,15,18-19H,12-14H2,1-3H3;2-6H,7H2,1H3,(H,10,11);1-5H,6,8H2;2-3H2,1H3/t2*15-,18-,19-;;;/m00.../s1. The lowest BCUT2D eigenvalue weighted by molar-refractivity contribution is -0.195. The van der Waals surface area contributed by atoms with Crippen molar-refractivity contribution in [1.29, 1.82) is 0 Å². The van der Waals surface area contributed by atoms with Crippen molar-refractivity contribution in [1.82, 2.24) is 30.3 Å². The third kappa shape index (κ3) is 12.8. The van der Waals surface area contributed by atoms with Crippen LogP contribution in [0.25, 0.3) is 65.7 Å². The van der Waals surface area contributed by atoms with Gasteiger partial charge in [0, 0.05) is 84.3 Å². The average molecular weight is 1180 g/mol. The Morgan fingerprint density at radius 1 is 0.523 bits per heavy atom. The van der Waals surface area contributed by atoms with Crippen molar-refractivity contribution >= 4 is 89.4 Å². The van der Waals surface area contributed by atoms with E-state index in [1.807, 2.05) is 84.9 Å². The largest absolute Gasteiger partial charge is 0.487 e. The molecule has 3 N–H and O–H groups in total. The van der Waals surface area contributed by atoms with E-state index in [9.17, 15) is 19.2 Å². The predicted octanol–water partition coefficient (Wildman–Crippen LogP) is 15.3. The van der Waals surface area contributed by atoms with Gasteiger partial charge in [-0.2, -0.15) is 0 Å². The van der Waals surface area contributed by atoms with Gasteiger partial charge in [0.1, 0.15) is 22.7 Å². The number of carbonyl (C=O) groups excluding carboxylic acids is 4. The van der Waals surface area contributed by atoms with Crippen LogP contribution in [0.15, 0.2) is 158 Å². The first-order valence-corrected chi connectivity index (χ1v) is 31.1. The first kappa shape index (κ1) is 60.8. The third-order valence-electron chi connectivity index (χ3n) is 18.2. The minimum Gasteiger partial charge on any atom is -0.487 e. The number of hydroxylamine groups is 2. The van der Waals surface area contributed by atoms with Crippen molar-refractivity contribution in [2.24, 2.45) is 29.4 Å². The monoisotopic (exact) mass is 1180 g/mol. The molecule has 15 rings (SSSR count). The minimum absolute atomic E-state index is 0.00820. The molecule has 14 heteroatoms. The van der Waals surface area contributed by atoms with Gasteiger partial charge in [-0.15, -0.1) is 5.06 Å². The summed E-state index contributed by atoms with van der Waals surface area (Å²) in [5.41, 5.74) is 17.9. The summed E-state index contributed by atoms with van der Waals surface area (Å²) in [7, 11) is 0. The van der Waals surface area contributed by atoms with E-state index in [0.29, 0.717) is 41.8 Å². The van der Waals surface area contributed by atoms with Gasteiger partial charge in [0.05, 0.1) is 44.1 Å². The van der Waals surface area contributed by atoms with E-state index in [2.05, 4.69) is 124 Å². The Morgan fingerprint density at radius 3 is 1.26 bits per heavy atom. The molecule has 0 radical (unpaired) electrons. The number of nitrogens with zero attached hydrogens (tertiary/aromatic N) is 5. The van der Waals surface area contributed by atoms with Gasteiger partial charge >= 0.3 is 5.97 Å². The smallest absolute Gasteiger partial charge is 0.330 e. The second-order valence-corrected chi connectivity index (χ2v) is 25.3. The minimum atomic E-state index is -0.659. The zero-order valence-corrected chi connectivity index (χ0v) is 51.7. The average Bonchev–Trinajstić information content (AvgIpc) is 1.50. The number of nitrogens with one attached hydrogen (secondary N) is 1. The van der Waals surface area contributed by atoms with Gasteiger partial charge < -0.3 is 25.4 Å². The summed E-state index contributed by atoms with van der Waals surface area (Å²) in [4.78, 5) is 67.2. The lowest BCUT2D eigenvalue weighted by Gasteiger charge is -2.49. The highest BCUT2D eigenvalue weighted by Crippen LogP contribution is 2.58. The second-order valence-electron chi connectivity index (χ2n) is 25.3. The van der Waals surface area contributed by atoms with Crippen LogP contribution in [0.4, 0.5) is 0 Å². The van der Waals surface area contributed by atoms with Crippen LogP contribution in [-0.4, -0.2) is 59.9 Å². The van der Waals surface area contributed by atoms with Crippen molar-refractivity contribution in [3.63, 3.8) is 0 Å². The molecule has 5 heterocycles. The van der Waals surface area contributed by atoms with Crippen molar-refractivity contribution < 1.29 is 33.5 Å². The molecule has 8 aromatic carbocycles. The first-order valence-electron chi connectivity index (χ1n) is 31.1. The summed E-state index contributed by atoms with van der Waals surface area (Å²) in [6.07, 6.45) is 7.66. The molecule has 452 valence electrons. The molecule has 14 nitrogen and oxygen atoms in total. The molecule has 5 aliphatic rings. The number of fused-ring (bicyclic) bond motifs is 18. The van der Waals surface area contributed by atoms with Crippen LogP contribution in [0.5, 0.6) is 11.5 Å². The second kappa shape index (κ2) is 25.8. The van der Waals surface area contributed by atoms with Gasteiger partial charge in [0.15, 0.2) is 0 Å². The van der Waals surface area contributed by atoms with E-state index in [1.165, 1.54) is 72.9 Å². The topological polar surface area (TPSA) is 189 Å². The molecular weight excluding hydrogens is 1100 g/mol. The maximum absolute atomic E-state index is 10.7. The van der Waals surface area contributed by atoms with Crippen LogP contribution < -0.4 is 20.5 Å². The van der Waals surface area contributed by atoms with E-state index in [0.717, 1.165) is 90.7 Å². The van der Waals surface area contributed by atoms with Crippen molar-refractivity contribution in [3.8, 4) is 11.5 Å². The molecule has 3 amide bonds. The van der Waals surface area contributed by atoms with Crippen LogP contribution in [0.1, 0.15) is 141 Å². The molecule has 3 aliphatic heterocycles. The molecular formula is C74H79N7O7. The number of amides is 3. The highest BCUT2D eigenvalue weighted by Gasteiger charge is 2.49. The number of carbonyl (C=O) groups is 4. The summed E-state index contributed by atoms with van der Waals surface area (Å²) in [6.45, 7) is 17.8. The maximum Gasteiger partial charge on any atom is 0.330 e. The normalized spacial score (nSPS) is 21.0. The van der Waals surface area contributed by atoms with E-state index in [-0.39, 0.29) is 30.0 Å². The molecule has 0 unspecified atom stereocenters. The fourth-order valence-corrected chi connectivity index (χ4v) is 13.9. The summed E-state index contributed by atoms with van der Waals surface area (Å²) in [6, 6.07) is 53.3. The van der Waals surface area contributed by atoms with Gasteiger partial charge in [-0.1, -0.05) is 160 Å². The van der Waals surface area contributed by atoms with Crippen LogP contribution >= 0.6 is 0 Å². The quantitative estimate of drug-likeness (QED) is 0.0965. The van der Waals surface area contributed by atoms with E-state index >= 15 is 0 Å². The number of hydrogen-bond donors (Lipinski definition) is 2. The van der Waals surface area contributed by atoms with Crippen molar-refractivity contribution in [3.05, 3.63) is 180 Å². The van der Waals surface area contributed by atoms with Gasteiger partial charge in [0.2, 0.25) is 5.91 Å². The molecule has 88 heavy (non-hydrogen) atoms. The molecule has 1 saturated heterocycles. The summed E-state index contributed by atoms with van der Waals surface area (Å²) in [5.74, 6) is 3.96. The van der Waals surface area contributed by atoms with Crippen LogP contribution in [0.3, 0.4) is 0 Å². The van der Waals surface area contributed by atoms with E-state index < -0.39 is 17.8 Å². The van der Waals surface area contributed by atoms with Crippen LogP contribution in [-0.2, 0) is 37.1 Å². The number of ether oxygens (including phenoxy) is 2. The Bertz CT molecular complexity index is 4010. The highest BCUT2D eigenvalue weighted by molar-refractivity contribution is 6.12. The van der Waals surface area contributed by atoms with Crippen molar-refractivity contribution in [2.75, 3.05) is 0 Å². The Balaban J connectivity index is 0.000000126. The highest BCUT2D eigenvalue weighted by atomic mass is 16.7. The third-order valence-corrected chi connectivity index (χ3v) is 18.2. The number of aromatic nitrogens is 4. The summed E-state index contributed by atoms with van der Waals surface area (Å²) in [5, 5.41) is 7.85. The predicted molar refractivity (Wildman–Crippen MR) is 348 cm³/mol. The molecule has 6 atom stereocenters. The molecule has 2 aromatic heterocycles. The Morgan fingerprint density at radius 2 is 0.886 bits per heavy atom. The fraction of sp³-hybridized carbons (Fsp3) is 0.351. The Hall–Kier alpha value is -8.88. The zero-order chi connectivity index (χ0) is 61.9. The molecule has 0 spiro atoms. The number of hydrogen-bond acceptors (Lipinski definition) is 12. The number of benzene rings is 8. The lowest BCUT2D eigenvalue weighted by Crippen LogP contribution is -2.46. The van der Waals surface area contributed by atoms with E-state index in [4.69, 9.17) is 35.1 Å². The molecule has 2 saturated carbocycles. The number of rotatable bonds is 4. The molecule has 2 aliphatic carbocycles.